The van der Waals surface area contributed by atoms with Crippen LogP contribution < -0.4 is 4.74 Å². The minimum Gasteiger partial charge on any atom is -0.480 e. The number of carbonyl (C=O) groups excluding carboxylic acids is 1. The largest absolute Gasteiger partial charge is 0.480 e. The third kappa shape index (κ3) is 2.47. The Morgan fingerprint density at radius 1 is 1.53 bits per heavy atom. The highest BCUT2D eigenvalue weighted by atomic mass is 19.3. The fourth-order valence-electron chi connectivity index (χ4n) is 1.22. The van der Waals surface area contributed by atoms with Gasteiger partial charge in [0.15, 0.2) is 0 Å². The highest BCUT2D eigenvalue weighted by Crippen LogP contribution is 2.29. The molecular weight excluding hydrogens is 234 g/mol. The van der Waals surface area contributed by atoms with Gasteiger partial charge >= 0.3 is 5.97 Å². The van der Waals surface area contributed by atoms with Crippen LogP contribution in [0, 0.1) is 11.3 Å². The third-order valence-corrected chi connectivity index (χ3v) is 1.95. The summed E-state index contributed by atoms with van der Waals surface area (Å²) in [7, 11) is 2.21. The number of ether oxygens (including phenoxy) is 2. The van der Waals surface area contributed by atoms with Gasteiger partial charge in [0, 0.05) is 5.56 Å². The van der Waals surface area contributed by atoms with Gasteiger partial charge in [-0.05, 0) is 6.07 Å². The molecule has 90 valence electrons. The number of nitrogens with zero attached hydrogens (tertiary/aromatic N) is 2. The highest BCUT2D eigenvalue weighted by molar-refractivity contribution is 5.93. The summed E-state index contributed by atoms with van der Waals surface area (Å²) < 4.78 is 34.6. The van der Waals surface area contributed by atoms with Crippen molar-refractivity contribution in [2.75, 3.05) is 14.2 Å². The molecule has 0 atom stereocenters. The summed E-state index contributed by atoms with van der Waals surface area (Å²) in [5.41, 5.74) is -1.37. The van der Waals surface area contributed by atoms with Crippen LogP contribution in [0.2, 0.25) is 0 Å². The lowest BCUT2D eigenvalue weighted by Crippen LogP contribution is -2.11. The molecule has 0 unspecified atom stereocenters. The van der Waals surface area contributed by atoms with Crippen molar-refractivity contribution in [2.24, 2.45) is 0 Å². The average molecular weight is 242 g/mol. The number of nitriles is 1. The van der Waals surface area contributed by atoms with E-state index in [0.29, 0.717) is 0 Å². The van der Waals surface area contributed by atoms with E-state index in [0.717, 1.165) is 20.3 Å². The van der Waals surface area contributed by atoms with Crippen molar-refractivity contribution in [3.8, 4) is 11.9 Å². The van der Waals surface area contributed by atoms with Gasteiger partial charge in [-0.25, -0.2) is 18.6 Å². The highest BCUT2D eigenvalue weighted by Gasteiger charge is 2.26. The SMILES string of the molecule is COC(=O)c1c(C(F)F)cc(C#N)nc1OC. The Hall–Kier alpha value is -2.23. The molecule has 1 heterocycles. The van der Waals surface area contributed by atoms with Crippen LogP contribution in [-0.2, 0) is 4.74 Å². The van der Waals surface area contributed by atoms with Crippen molar-refractivity contribution >= 4 is 5.97 Å². The van der Waals surface area contributed by atoms with Gasteiger partial charge in [-0.3, -0.25) is 0 Å². The van der Waals surface area contributed by atoms with Crippen LogP contribution >= 0.6 is 0 Å². The van der Waals surface area contributed by atoms with Crippen LogP contribution in [0.5, 0.6) is 5.88 Å². The number of methoxy groups -OCH3 is 2. The lowest BCUT2D eigenvalue weighted by molar-refractivity contribution is 0.0584. The number of esters is 1. The van der Waals surface area contributed by atoms with Crippen molar-refractivity contribution in [3.63, 3.8) is 0 Å². The van der Waals surface area contributed by atoms with Crippen LogP contribution in [0.4, 0.5) is 8.78 Å². The summed E-state index contributed by atoms with van der Waals surface area (Å²) in [6, 6.07) is 2.44. The molecule has 0 saturated heterocycles. The van der Waals surface area contributed by atoms with Crippen LogP contribution in [0.15, 0.2) is 6.07 Å². The van der Waals surface area contributed by atoms with Crippen molar-refractivity contribution in [1.82, 2.24) is 4.98 Å². The summed E-state index contributed by atoms with van der Waals surface area (Å²) in [6.07, 6.45) is -2.94. The van der Waals surface area contributed by atoms with Crippen LogP contribution in [-0.4, -0.2) is 25.2 Å². The van der Waals surface area contributed by atoms with E-state index >= 15 is 0 Å². The number of halogens is 2. The molecule has 1 aromatic rings. The molecule has 0 aliphatic heterocycles. The van der Waals surface area contributed by atoms with Gasteiger partial charge in [-0.15, -0.1) is 0 Å². The molecule has 0 saturated carbocycles. The molecular formula is C10H8F2N2O3. The van der Waals surface area contributed by atoms with E-state index in [-0.39, 0.29) is 11.6 Å². The predicted octanol–water partition coefficient (Wildman–Crippen LogP) is 1.69. The van der Waals surface area contributed by atoms with Gasteiger partial charge in [0.1, 0.15) is 17.3 Å². The Labute approximate surface area is 95.6 Å². The van der Waals surface area contributed by atoms with Crippen molar-refractivity contribution in [2.45, 2.75) is 6.43 Å². The molecule has 0 spiro atoms. The minimum absolute atomic E-state index is 0.259. The Kier molecular flexibility index (Phi) is 3.93. The average Bonchev–Trinajstić information content (AvgIpc) is 2.35. The molecule has 17 heavy (non-hydrogen) atoms. The zero-order chi connectivity index (χ0) is 13.0. The van der Waals surface area contributed by atoms with Crippen molar-refractivity contribution < 1.29 is 23.0 Å². The molecule has 7 heteroatoms. The number of hydrogen-bond acceptors (Lipinski definition) is 5. The number of alkyl halides is 2. The number of carbonyl (C=O) groups is 1. The van der Waals surface area contributed by atoms with E-state index in [4.69, 9.17) is 10.00 Å². The fourth-order valence-corrected chi connectivity index (χ4v) is 1.22. The van der Waals surface area contributed by atoms with Crippen molar-refractivity contribution in [1.29, 1.82) is 5.26 Å². The van der Waals surface area contributed by atoms with E-state index in [1.807, 2.05) is 0 Å². The monoisotopic (exact) mass is 242 g/mol. The molecule has 0 fully saturated rings. The second-order valence-corrected chi connectivity index (χ2v) is 2.89. The van der Waals surface area contributed by atoms with E-state index in [1.54, 1.807) is 6.07 Å². The van der Waals surface area contributed by atoms with Gasteiger partial charge in [0.05, 0.1) is 14.2 Å². The normalized spacial score (nSPS) is 9.88. The first kappa shape index (κ1) is 12.8. The summed E-state index contributed by atoms with van der Waals surface area (Å²) in [5.74, 6) is -1.35. The Bertz CT molecular complexity index is 483. The van der Waals surface area contributed by atoms with Gasteiger partial charge in [0.25, 0.3) is 6.43 Å². The predicted molar refractivity (Wildman–Crippen MR) is 51.8 cm³/mol. The molecule has 5 nitrogen and oxygen atoms in total. The van der Waals surface area contributed by atoms with Crippen LogP contribution in [0.25, 0.3) is 0 Å². The zero-order valence-electron chi connectivity index (χ0n) is 9.03. The second kappa shape index (κ2) is 5.21. The first-order chi connectivity index (χ1) is 8.04. The standard InChI is InChI=1S/C10H8F2N2O3/c1-16-9-7(10(15)17-2)6(8(11)12)3-5(4-13)14-9/h3,8H,1-2H3. The van der Waals surface area contributed by atoms with Gasteiger partial charge in [-0.2, -0.15) is 5.26 Å². The topological polar surface area (TPSA) is 72.2 Å². The van der Waals surface area contributed by atoms with E-state index in [9.17, 15) is 13.6 Å². The third-order valence-electron chi connectivity index (χ3n) is 1.95. The second-order valence-electron chi connectivity index (χ2n) is 2.89. The van der Waals surface area contributed by atoms with E-state index in [2.05, 4.69) is 9.72 Å². The van der Waals surface area contributed by atoms with E-state index < -0.39 is 23.5 Å². The molecule has 0 radical (unpaired) electrons. The Balaban J connectivity index is 3.53. The number of hydrogen-bond donors (Lipinski definition) is 0. The molecule has 0 N–H and O–H groups in total. The fraction of sp³-hybridized carbons (Fsp3) is 0.300. The summed E-state index contributed by atoms with van der Waals surface area (Å²) in [5, 5.41) is 8.62. The maximum Gasteiger partial charge on any atom is 0.343 e. The molecule has 1 rings (SSSR count). The molecule has 0 amide bonds. The van der Waals surface area contributed by atoms with E-state index in [1.165, 1.54) is 0 Å². The quantitative estimate of drug-likeness (QED) is 0.754. The molecule has 0 aliphatic rings. The number of pyridine rings is 1. The first-order valence-electron chi connectivity index (χ1n) is 4.40. The van der Waals surface area contributed by atoms with Gasteiger partial charge < -0.3 is 9.47 Å². The smallest absolute Gasteiger partial charge is 0.343 e. The number of rotatable bonds is 3. The summed E-state index contributed by atoms with van der Waals surface area (Å²) in [4.78, 5) is 15.0. The Morgan fingerprint density at radius 2 is 2.18 bits per heavy atom. The zero-order valence-corrected chi connectivity index (χ0v) is 9.03. The lowest BCUT2D eigenvalue weighted by atomic mass is 10.1. The minimum atomic E-state index is -2.94. The summed E-state index contributed by atoms with van der Waals surface area (Å²) >= 11 is 0. The maximum absolute atomic E-state index is 12.8. The molecule has 0 bridgehead atoms. The first-order valence-corrected chi connectivity index (χ1v) is 4.40. The maximum atomic E-state index is 12.8. The van der Waals surface area contributed by atoms with Crippen LogP contribution in [0.1, 0.15) is 28.0 Å². The van der Waals surface area contributed by atoms with Gasteiger partial charge in [-0.1, -0.05) is 0 Å². The lowest BCUT2D eigenvalue weighted by Gasteiger charge is -2.11. The van der Waals surface area contributed by atoms with Gasteiger partial charge in [0.2, 0.25) is 5.88 Å². The van der Waals surface area contributed by atoms with Crippen LogP contribution in [0.3, 0.4) is 0 Å². The molecule has 1 aromatic heterocycles. The summed E-state index contributed by atoms with van der Waals surface area (Å²) in [6.45, 7) is 0. The molecule has 0 aromatic carbocycles. The number of aromatic nitrogens is 1. The molecule has 0 aliphatic carbocycles. The Morgan fingerprint density at radius 3 is 2.59 bits per heavy atom. The van der Waals surface area contributed by atoms with Crippen molar-refractivity contribution in [3.05, 3.63) is 22.9 Å².